The lowest BCUT2D eigenvalue weighted by Gasteiger charge is -2.38. The fourth-order valence-corrected chi connectivity index (χ4v) is 3.48. The first kappa shape index (κ1) is 19.1. The van der Waals surface area contributed by atoms with E-state index in [1.165, 1.54) is 0 Å². The summed E-state index contributed by atoms with van der Waals surface area (Å²) in [6.45, 7) is 6.91. The predicted molar refractivity (Wildman–Crippen MR) is 97.0 cm³/mol. The van der Waals surface area contributed by atoms with Gasteiger partial charge in [0.15, 0.2) is 11.5 Å². The van der Waals surface area contributed by atoms with E-state index in [0.717, 1.165) is 18.5 Å². The highest BCUT2D eigenvalue weighted by atomic mass is 16.5. The van der Waals surface area contributed by atoms with Crippen molar-refractivity contribution in [1.82, 2.24) is 29.7 Å². The van der Waals surface area contributed by atoms with Gasteiger partial charge in [0.1, 0.15) is 0 Å². The maximum Gasteiger partial charge on any atom is 0.274 e. The lowest BCUT2D eigenvalue weighted by atomic mass is 10.0. The van der Waals surface area contributed by atoms with Crippen LogP contribution >= 0.6 is 0 Å². The Morgan fingerprint density at radius 2 is 2.15 bits per heavy atom. The van der Waals surface area contributed by atoms with E-state index in [1.807, 2.05) is 18.9 Å². The van der Waals surface area contributed by atoms with E-state index in [1.54, 1.807) is 29.5 Å². The van der Waals surface area contributed by atoms with Gasteiger partial charge in [0, 0.05) is 58.7 Å². The zero-order chi connectivity index (χ0) is 19.6. The smallest absolute Gasteiger partial charge is 0.274 e. The van der Waals surface area contributed by atoms with Gasteiger partial charge in [-0.05, 0) is 25.8 Å². The highest BCUT2D eigenvalue weighted by Crippen LogP contribution is 2.19. The third kappa shape index (κ3) is 4.35. The van der Waals surface area contributed by atoms with Gasteiger partial charge in [0.05, 0.1) is 0 Å². The van der Waals surface area contributed by atoms with E-state index in [9.17, 15) is 9.59 Å². The molecule has 3 heterocycles. The van der Waals surface area contributed by atoms with Crippen molar-refractivity contribution >= 4 is 11.8 Å². The van der Waals surface area contributed by atoms with Crippen molar-refractivity contribution in [1.29, 1.82) is 0 Å². The number of carbonyl (C=O) groups excluding carboxylic acids is 2. The quantitative estimate of drug-likeness (QED) is 0.778. The largest absolute Gasteiger partial charge is 0.340 e. The average Bonchev–Trinajstić information content (AvgIpc) is 3.20. The van der Waals surface area contributed by atoms with Crippen molar-refractivity contribution in [2.24, 2.45) is 7.05 Å². The van der Waals surface area contributed by atoms with Crippen LogP contribution in [0.25, 0.3) is 0 Å². The van der Waals surface area contributed by atoms with E-state index in [-0.39, 0.29) is 17.9 Å². The van der Waals surface area contributed by atoms with Crippen LogP contribution < -0.4 is 0 Å². The topological polar surface area (TPSA) is 97.4 Å². The average molecular weight is 374 g/mol. The fourth-order valence-electron chi connectivity index (χ4n) is 3.48. The zero-order valence-corrected chi connectivity index (χ0v) is 16.3. The molecule has 1 aliphatic rings. The molecule has 2 aromatic heterocycles. The number of likely N-dealkylation sites (tertiary alicyclic amines) is 1. The van der Waals surface area contributed by atoms with Gasteiger partial charge in [-0.1, -0.05) is 5.16 Å². The van der Waals surface area contributed by atoms with Crippen LogP contribution in [0.15, 0.2) is 10.6 Å². The highest BCUT2D eigenvalue weighted by molar-refractivity contribution is 5.92. The zero-order valence-electron chi connectivity index (χ0n) is 16.3. The first-order valence-corrected chi connectivity index (χ1v) is 9.21. The van der Waals surface area contributed by atoms with Crippen LogP contribution in [0.5, 0.6) is 0 Å². The molecule has 0 spiro atoms. The molecule has 1 saturated heterocycles. The second kappa shape index (κ2) is 7.89. The Bertz CT molecular complexity index is 807. The summed E-state index contributed by atoms with van der Waals surface area (Å²) in [6, 6.07) is 1.78. The summed E-state index contributed by atoms with van der Waals surface area (Å²) in [6.07, 6.45) is 2.25. The minimum Gasteiger partial charge on any atom is -0.340 e. The number of aromatic nitrogens is 4. The van der Waals surface area contributed by atoms with E-state index >= 15 is 0 Å². The Kier molecular flexibility index (Phi) is 5.57. The van der Waals surface area contributed by atoms with Gasteiger partial charge in [-0.3, -0.25) is 14.3 Å². The molecule has 2 amide bonds. The van der Waals surface area contributed by atoms with Crippen molar-refractivity contribution in [2.75, 3.05) is 19.6 Å². The van der Waals surface area contributed by atoms with E-state index < -0.39 is 0 Å². The minimum absolute atomic E-state index is 0.0109. The highest BCUT2D eigenvalue weighted by Gasteiger charge is 2.30. The maximum atomic E-state index is 12.8. The third-order valence-corrected chi connectivity index (χ3v) is 5.01. The van der Waals surface area contributed by atoms with E-state index in [2.05, 4.69) is 15.2 Å². The second-order valence-corrected chi connectivity index (χ2v) is 7.03. The van der Waals surface area contributed by atoms with Gasteiger partial charge in [0.2, 0.25) is 11.8 Å². The van der Waals surface area contributed by atoms with Gasteiger partial charge in [-0.15, -0.1) is 0 Å². The molecule has 0 bridgehead atoms. The first-order chi connectivity index (χ1) is 12.8. The number of nitrogens with zero attached hydrogens (tertiary/aromatic N) is 6. The van der Waals surface area contributed by atoms with Gasteiger partial charge in [-0.25, -0.2) is 0 Å². The number of carbonyl (C=O) groups is 2. The molecular weight excluding hydrogens is 348 g/mol. The maximum absolute atomic E-state index is 12.8. The van der Waals surface area contributed by atoms with Crippen molar-refractivity contribution in [3.63, 3.8) is 0 Å². The minimum atomic E-state index is -0.0827. The summed E-state index contributed by atoms with van der Waals surface area (Å²) < 4.78 is 6.68. The van der Waals surface area contributed by atoms with Gasteiger partial charge < -0.3 is 14.3 Å². The van der Waals surface area contributed by atoms with Crippen LogP contribution in [0.2, 0.25) is 0 Å². The van der Waals surface area contributed by atoms with Crippen LogP contribution in [0.3, 0.4) is 0 Å². The lowest BCUT2D eigenvalue weighted by molar-refractivity contribution is -0.132. The van der Waals surface area contributed by atoms with Crippen molar-refractivity contribution < 1.29 is 14.1 Å². The summed E-state index contributed by atoms with van der Waals surface area (Å²) >= 11 is 0. The Morgan fingerprint density at radius 1 is 1.37 bits per heavy atom. The molecule has 2 aromatic rings. The number of aryl methyl sites for hydroxylation is 3. The van der Waals surface area contributed by atoms with Crippen molar-refractivity contribution in [3.05, 3.63) is 29.2 Å². The number of hydrogen-bond donors (Lipinski definition) is 0. The molecule has 9 nitrogen and oxygen atoms in total. The Morgan fingerprint density at radius 3 is 2.74 bits per heavy atom. The summed E-state index contributed by atoms with van der Waals surface area (Å²) in [7, 11) is 1.82. The number of hydrogen-bond acceptors (Lipinski definition) is 6. The van der Waals surface area contributed by atoms with Crippen LogP contribution in [0.4, 0.5) is 0 Å². The molecule has 0 saturated carbocycles. The van der Waals surface area contributed by atoms with Crippen molar-refractivity contribution in [3.8, 4) is 0 Å². The molecule has 1 atom stereocenters. The predicted octanol–water partition coefficient (Wildman–Crippen LogP) is 1.12. The Balaban J connectivity index is 1.66. The summed E-state index contributed by atoms with van der Waals surface area (Å²) in [5.41, 5.74) is 1.39. The standard InChI is InChI=1S/C18H26N6O3/c1-12-10-16(20-22(12)4)18(26)23-8-5-6-15(11-23)24(14(3)25)9-7-17-19-13(2)27-21-17/h10,15H,5-9,11H2,1-4H3. The second-order valence-electron chi connectivity index (χ2n) is 7.03. The van der Waals surface area contributed by atoms with Crippen molar-refractivity contribution in [2.45, 2.75) is 46.1 Å². The van der Waals surface area contributed by atoms with E-state index in [4.69, 9.17) is 4.52 Å². The van der Waals surface area contributed by atoms with Crippen LogP contribution in [-0.4, -0.2) is 67.2 Å². The summed E-state index contributed by atoms with van der Waals surface area (Å²) in [5, 5.41) is 8.17. The third-order valence-electron chi connectivity index (χ3n) is 5.01. The molecule has 1 aliphatic heterocycles. The summed E-state index contributed by atoms with van der Waals surface area (Å²) in [4.78, 5) is 32.8. The normalized spacial score (nSPS) is 17.2. The van der Waals surface area contributed by atoms with Gasteiger partial charge in [0.25, 0.3) is 5.91 Å². The fraction of sp³-hybridized carbons (Fsp3) is 0.611. The SMILES string of the molecule is CC(=O)N(CCc1noc(C)n1)C1CCCN(C(=O)c2cc(C)n(C)n2)C1. The van der Waals surface area contributed by atoms with Gasteiger partial charge in [-0.2, -0.15) is 10.1 Å². The Labute approximate surface area is 158 Å². The summed E-state index contributed by atoms with van der Waals surface area (Å²) in [5.74, 6) is 1.01. The monoisotopic (exact) mass is 374 g/mol. The molecule has 146 valence electrons. The van der Waals surface area contributed by atoms with E-state index in [0.29, 0.717) is 43.5 Å². The molecule has 0 N–H and O–H groups in total. The molecule has 1 fully saturated rings. The Hall–Kier alpha value is -2.71. The van der Waals surface area contributed by atoms with Crippen LogP contribution in [0.1, 0.15) is 47.7 Å². The molecule has 0 radical (unpaired) electrons. The molecule has 3 rings (SSSR count). The first-order valence-electron chi connectivity index (χ1n) is 9.21. The molecule has 9 heteroatoms. The molecular formula is C18H26N6O3. The molecule has 1 unspecified atom stereocenters. The molecule has 0 aromatic carbocycles. The molecule has 0 aliphatic carbocycles. The lowest BCUT2D eigenvalue weighted by Crippen LogP contribution is -2.51. The van der Waals surface area contributed by atoms with Crippen LogP contribution in [-0.2, 0) is 18.3 Å². The number of piperidine rings is 1. The van der Waals surface area contributed by atoms with Gasteiger partial charge >= 0.3 is 0 Å². The van der Waals surface area contributed by atoms with Crippen LogP contribution in [0, 0.1) is 13.8 Å². The molecule has 27 heavy (non-hydrogen) atoms. The number of rotatable bonds is 5. The number of amides is 2.